The van der Waals surface area contributed by atoms with E-state index in [-0.39, 0.29) is 11.7 Å². The normalized spacial score (nSPS) is 29.0. The van der Waals surface area contributed by atoms with Crippen molar-refractivity contribution in [2.24, 2.45) is 5.92 Å². The Kier molecular flexibility index (Phi) is 3.79. The van der Waals surface area contributed by atoms with E-state index >= 15 is 0 Å². The van der Waals surface area contributed by atoms with Gasteiger partial charge in [0, 0.05) is 18.0 Å². The van der Waals surface area contributed by atoms with Gasteiger partial charge in [-0.2, -0.15) is 0 Å². The third-order valence-corrected chi connectivity index (χ3v) is 4.71. The van der Waals surface area contributed by atoms with Crippen LogP contribution in [-0.4, -0.2) is 25.0 Å². The van der Waals surface area contributed by atoms with Crippen LogP contribution >= 0.6 is 0 Å². The molecule has 2 bridgehead atoms. The fraction of sp³-hybridized carbons (Fsp3) is 0.588. The van der Waals surface area contributed by atoms with Crippen molar-refractivity contribution in [1.82, 2.24) is 5.32 Å². The van der Waals surface area contributed by atoms with Gasteiger partial charge in [-0.05, 0) is 50.3 Å². The highest BCUT2D eigenvalue weighted by molar-refractivity contribution is 6.00. The molecule has 3 nitrogen and oxygen atoms in total. The van der Waals surface area contributed by atoms with Crippen molar-refractivity contribution < 1.29 is 9.53 Å². The summed E-state index contributed by atoms with van der Waals surface area (Å²) in [5, 5.41) is 3.64. The SMILES string of the molecule is COc1cc(C)ccc1C(=O)C1CC2CCCC(C1)N2. The predicted molar refractivity (Wildman–Crippen MR) is 79.3 cm³/mol. The Morgan fingerprint density at radius 2 is 1.95 bits per heavy atom. The van der Waals surface area contributed by atoms with Crippen molar-refractivity contribution in [3.05, 3.63) is 29.3 Å². The molecule has 0 aromatic heterocycles. The number of benzene rings is 1. The number of hydrogen-bond acceptors (Lipinski definition) is 3. The highest BCUT2D eigenvalue weighted by Crippen LogP contribution is 2.33. The number of nitrogens with one attached hydrogen (secondary N) is 1. The molecule has 20 heavy (non-hydrogen) atoms. The maximum Gasteiger partial charge on any atom is 0.169 e. The first-order valence-corrected chi connectivity index (χ1v) is 7.62. The fourth-order valence-electron chi connectivity index (χ4n) is 3.70. The van der Waals surface area contributed by atoms with E-state index in [1.54, 1.807) is 7.11 Å². The number of ether oxygens (including phenoxy) is 1. The summed E-state index contributed by atoms with van der Waals surface area (Å²) in [4.78, 5) is 12.8. The zero-order chi connectivity index (χ0) is 14.1. The van der Waals surface area contributed by atoms with Gasteiger partial charge in [0.25, 0.3) is 0 Å². The average molecular weight is 273 g/mol. The molecule has 2 atom stereocenters. The molecule has 2 aliphatic rings. The van der Waals surface area contributed by atoms with E-state index in [4.69, 9.17) is 4.74 Å². The van der Waals surface area contributed by atoms with Gasteiger partial charge in [-0.1, -0.05) is 12.5 Å². The van der Waals surface area contributed by atoms with E-state index in [0.29, 0.717) is 12.1 Å². The first-order valence-electron chi connectivity index (χ1n) is 7.62. The zero-order valence-corrected chi connectivity index (χ0v) is 12.3. The molecular weight excluding hydrogens is 250 g/mol. The third-order valence-electron chi connectivity index (χ3n) is 4.71. The van der Waals surface area contributed by atoms with Crippen LogP contribution in [0.2, 0.25) is 0 Å². The number of piperidine rings is 2. The van der Waals surface area contributed by atoms with Gasteiger partial charge in [-0.15, -0.1) is 0 Å². The van der Waals surface area contributed by atoms with Crippen LogP contribution < -0.4 is 10.1 Å². The molecule has 1 aromatic carbocycles. The van der Waals surface area contributed by atoms with Crippen LogP contribution in [-0.2, 0) is 0 Å². The molecular formula is C17H23NO2. The largest absolute Gasteiger partial charge is 0.496 e. The topological polar surface area (TPSA) is 38.3 Å². The van der Waals surface area contributed by atoms with Gasteiger partial charge in [-0.25, -0.2) is 0 Å². The van der Waals surface area contributed by atoms with Gasteiger partial charge in [0.2, 0.25) is 0 Å². The molecule has 0 spiro atoms. The molecule has 2 fully saturated rings. The Bertz CT molecular complexity index is 500. The summed E-state index contributed by atoms with van der Waals surface area (Å²) in [6.07, 6.45) is 5.69. The lowest BCUT2D eigenvalue weighted by Gasteiger charge is -2.39. The van der Waals surface area contributed by atoms with E-state index < -0.39 is 0 Å². The summed E-state index contributed by atoms with van der Waals surface area (Å²) in [5.74, 6) is 1.14. The van der Waals surface area contributed by atoms with Crippen LogP contribution in [0, 0.1) is 12.8 Å². The number of hydrogen-bond donors (Lipinski definition) is 1. The van der Waals surface area contributed by atoms with Gasteiger partial charge >= 0.3 is 0 Å². The smallest absolute Gasteiger partial charge is 0.169 e. The summed E-state index contributed by atoms with van der Waals surface area (Å²) < 4.78 is 5.40. The molecule has 3 heteroatoms. The molecule has 3 rings (SSSR count). The first-order chi connectivity index (χ1) is 9.67. The summed E-state index contributed by atoms with van der Waals surface area (Å²) in [6, 6.07) is 6.95. The molecule has 2 aliphatic heterocycles. The van der Waals surface area contributed by atoms with E-state index in [9.17, 15) is 4.79 Å². The number of rotatable bonds is 3. The number of ketones is 1. The predicted octanol–water partition coefficient (Wildman–Crippen LogP) is 3.11. The highest BCUT2D eigenvalue weighted by atomic mass is 16.5. The Labute approximate surface area is 120 Å². The van der Waals surface area contributed by atoms with Crippen molar-refractivity contribution in [2.75, 3.05) is 7.11 Å². The molecule has 108 valence electrons. The second-order valence-electron chi connectivity index (χ2n) is 6.23. The Balaban J connectivity index is 1.82. The third kappa shape index (κ3) is 2.59. The fourth-order valence-corrected chi connectivity index (χ4v) is 3.70. The van der Waals surface area contributed by atoms with Crippen LogP contribution in [0.3, 0.4) is 0 Å². The van der Waals surface area contributed by atoms with Gasteiger partial charge in [0.15, 0.2) is 5.78 Å². The molecule has 0 radical (unpaired) electrons. The molecule has 0 amide bonds. The van der Waals surface area contributed by atoms with Crippen molar-refractivity contribution in [3.63, 3.8) is 0 Å². The summed E-state index contributed by atoms with van der Waals surface area (Å²) in [6.45, 7) is 2.02. The van der Waals surface area contributed by atoms with Gasteiger partial charge in [0.05, 0.1) is 12.7 Å². The van der Waals surface area contributed by atoms with E-state index in [1.165, 1.54) is 19.3 Å². The monoisotopic (exact) mass is 273 g/mol. The van der Waals surface area contributed by atoms with Crippen LogP contribution in [0.5, 0.6) is 5.75 Å². The maximum absolute atomic E-state index is 12.8. The van der Waals surface area contributed by atoms with Crippen LogP contribution in [0.4, 0.5) is 0 Å². The Morgan fingerprint density at radius 3 is 2.60 bits per heavy atom. The second-order valence-corrected chi connectivity index (χ2v) is 6.23. The Morgan fingerprint density at radius 1 is 1.25 bits per heavy atom. The number of aryl methyl sites for hydroxylation is 1. The standard InChI is InChI=1S/C17H23NO2/c1-11-6-7-15(16(8-11)20-2)17(19)12-9-13-4-3-5-14(10-12)18-13/h6-8,12-14,18H,3-5,9-10H2,1-2H3. The lowest BCUT2D eigenvalue weighted by Crippen LogP contribution is -2.50. The number of Topliss-reactive ketones (excluding diaryl/α,β-unsaturated/α-hetero) is 1. The molecule has 1 N–H and O–H groups in total. The number of fused-ring (bicyclic) bond motifs is 2. The summed E-state index contributed by atoms with van der Waals surface area (Å²) in [5.41, 5.74) is 1.88. The van der Waals surface area contributed by atoms with Crippen molar-refractivity contribution in [3.8, 4) is 5.75 Å². The summed E-state index contributed by atoms with van der Waals surface area (Å²) in [7, 11) is 1.64. The lowest BCUT2D eigenvalue weighted by molar-refractivity contribution is 0.0822. The van der Waals surface area contributed by atoms with E-state index in [1.807, 2.05) is 25.1 Å². The first kappa shape index (κ1) is 13.6. The van der Waals surface area contributed by atoms with Crippen molar-refractivity contribution in [1.29, 1.82) is 0 Å². The highest BCUT2D eigenvalue weighted by Gasteiger charge is 2.35. The van der Waals surface area contributed by atoms with Crippen LogP contribution in [0.1, 0.15) is 48.0 Å². The van der Waals surface area contributed by atoms with Crippen molar-refractivity contribution in [2.45, 2.75) is 51.1 Å². The van der Waals surface area contributed by atoms with Crippen molar-refractivity contribution >= 4 is 5.78 Å². The Hall–Kier alpha value is -1.35. The summed E-state index contributed by atoms with van der Waals surface area (Å²) >= 11 is 0. The minimum Gasteiger partial charge on any atom is -0.496 e. The molecule has 1 aromatic rings. The molecule has 2 unspecified atom stereocenters. The minimum atomic E-state index is 0.156. The van der Waals surface area contributed by atoms with E-state index in [2.05, 4.69) is 5.32 Å². The minimum absolute atomic E-state index is 0.156. The molecule has 0 saturated carbocycles. The average Bonchev–Trinajstić information content (AvgIpc) is 2.46. The van der Waals surface area contributed by atoms with Crippen LogP contribution in [0.25, 0.3) is 0 Å². The molecule has 2 heterocycles. The number of carbonyl (C=O) groups excluding carboxylic acids is 1. The molecule has 2 saturated heterocycles. The quantitative estimate of drug-likeness (QED) is 0.860. The maximum atomic E-state index is 12.8. The van der Waals surface area contributed by atoms with E-state index in [0.717, 1.165) is 29.7 Å². The van der Waals surface area contributed by atoms with Gasteiger partial charge < -0.3 is 10.1 Å². The number of methoxy groups -OCH3 is 1. The number of carbonyl (C=O) groups is 1. The zero-order valence-electron chi connectivity index (χ0n) is 12.3. The van der Waals surface area contributed by atoms with Crippen LogP contribution in [0.15, 0.2) is 18.2 Å². The van der Waals surface area contributed by atoms with Gasteiger partial charge in [-0.3, -0.25) is 4.79 Å². The second kappa shape index (κ2) is 5.57. The lowest BCUT2D eigenvalue weighted by atomic mass is 9.77. The van der Waals surface area contributed by atoms with Gasteiger partial charge in [0.1, 0.15) is 5.75 Å². The molecule has 0 aliphatic carbocycles.